The van der Waals surface area contributed by atoms with Crippen molar-refractivity contribution in [3.63, 3.8) is 0 Å². The van der Waals surface area contributed by atoms with Gasteiger partial charge < -0.3 is 20.1 Å². The third kappa shape index (κ3) is 6.33. The molecule has 174 valence electrons. The van der Waals surface area contributed by atoms with Gasteiger partial charge in [0.05, 0.1) is 22.8 Å². The van der Waals surface area contributed by atoms with Crippen molar-refractivity contribution in [2.75, 3.05) is 30.0 Å². The summed E-state index contributed by atoms with van der Waals surface area (Å²) < 4.78 is 20.8. The Bertz CT molecular complexity index is 917. The Morgan fingerprint density at radius 1 is 1.31 bits per heavy atom. The lowest BCUT2D eigenvalue weighted by molar-refractivity contribution is -0.137. The number of carboxylic acids is 1. The first-order chi connectivity index (χ1) is 15.2. The standard InChI is InChI=1S/C24H31ClFN3O3/c1-15(2)14-29(18-6-8-32-9-7-18)22-12-20(26)19(16(3)10-24(30)31)11-21(22)28-23-5-4-17(25)13-27-23/h4-5,11-13,15-16,18H,6-10,14H2,1-3H3,(H,27,28)(H,30,31)/t16-/m1/s1. The number of nitrogens with one attached hydrogen (secondary N) is 1. The molecule has 0 bridgehead atoms. The molecule has 1 aromatic heterocycles. The number of hydrogen-bond donors (Lipinski definition) is 2. The molecule has 2 N–H and O–H groups in total. The fourth-order valence-corrected chi connectivity index (χ4v) is 4.20. The van der Waals surface area contributed by atoms with Crippen LogP contribution in [0.25, 0.3) is 0 Å². The Hall–Kier alpha value is -2.38. The van der Waals surface area contributed by atoms with Gasteiger partial charge in [0, 0.05) is 32.0 Å². The number of carbonyl (C=O) groups is 1. The number of carboxylic acid groups (broad SMARTS) is 1. The van der Waals surface area contributed by atoms with Crippen LogP contribution in [0.3, 0.4) is 0 Å². The van der Waals surface area contributed by atoms with Gasteiger partial charge in [-0.3, -0.25) is 4.79 Å². The molecular formula is C24H31ClFN3O3. The van der Waals surface area contributed by atoms with E-state index in [1.807, 2.05) is 0 Å². The van der Waals surface area contributed by atoms with Crippen LogP contribution in [0.15, 0.2) is 30.5 Å². The van der Waals surface area contributed by atoms with Gasteiger partial charge in [-0.15, -0.1) is 0 Å². The maximum absolute atomic E-state index is 15.3. The van der Waals surface area contributed by atoms with Crippen LogP contribution in [0.5, 0.6) is 0 Å². The zero-order valence-electron chi connectivity index (χ0n) is 18.8. The second-order valence-electron chi connectivity index (χ2n) is 8.77. The molecule has 1 aliphatic rings. The quantitative estimate of drug-likeness (QED) is 0.486. The number of benzene rings is 1. The zero-order valence-corrected chi connectivity index (χ0v) is 19.5. The van der Waals surface area contributed by atoms with Crippen LogP contribution in [-0.2, 0) is 9.53 Å². The minimum atomic E-state index is -0.960. The first-order valence-corrected chi connectivity index (χ1v) is 11.4. The highest BCUT2D eigenvalue weighted by molar-refractivity contribution is 6.30. The van der Waals surface area contributed by atoms with Gasteiger partial charge in [-0.25, -0.2) is 9.37 Å². The number of rotatable bonds is 9. The van der Waals surface area contributed by atoms with E-state index in [1.54, 1.807) is 31.3 Å². The molecule has 2 aromatic rings. The largest absolute Gasteiger partial charge is 0.481 e. The molecule has 6 nitrogen and oxygen atoms in total. The molecule has 0 amide bonds. The molecule has 1 aromatic carbocycles. The number of pyridine rings is 1. The van der Waals surface area contributed by atoms with Gasteiger partial charge in [-0.2, -0.15) is 0 Å². The van der Waals surface area contributed by atoms with Gasteiger partial charge in [0.15, 0.2) is 0 Å². The third-order valence-electron chi connectivity index (χ3n) is 5.62. The van der Waals surface area contributed by atoms with Gasteiger partial charge >= 0.3 is 5.97 Å². The van der Waals surface area contributed by atoms with E-state index < -0.39 is 17.7 Å². The van der Waals surface area contributed by atoms with E-state index in [2.05, 4.69) is 29.0 Å². The number of aromatic nitrogens is 1. The Morgan fingerprint density at radius 2 is 2.03 bits per heavy atom. The molecule has 0 unspecified atom stereocenters. The summed E-state index contributed by atoms with van der Waals surface area (Å²) in [6.07, 6.45) is 3.13. The molecule has 1 saturated heterocycles. The predicted octanol–water partition coefficient (Wildman–Crippen LogP) is 5.84. The lowest BCUT2D eigenvalue weighted by Crippen LogP contribution is -2.42. The van der Waals surface area contributed by atoms with E-state index in [0.717, 1.165) is 25.1 Å². The van der Waals surface area contributed by atoms with Crippen molar-refractivity contribution in [3.8, 4) is 0 Å². The van der Waals surface area contributed by atoms with Crippen molar-refractivity contribution in [1.29, 1.82) is 0 Å². The Kier molecular flexibility index (Phi) is 8.32. The minimum absolute atomic E-state index is 0.148. The van der Waals surface area contributed by atoms with E-state index in [9.17, 15) is 9.90 Å². The Balaban J connectivity index is 2.07. The number of ether oxygens (including phenoxy) is 1. The monoisotopic (exact) mass is 463 g/mol. The van der Waals surface area contributed by atoms with Gasteiger partial charge in [0.1, 0.15) is 11.6 Å². The molecule has 32 heavy (non-hydrogen) atoms. The van der Waals surface area contributed by atoms with Crippen LogP contribution < -0.4 is 10.2 Å². The van der Waals surface area contributed by atoms with Crippen molar-refractivity contribution in [2.24, 2.45) is 5.92 Å². The summed E-state index contributed by atoms with van der Waals surface area (Å²) in [5.41, 5.74) is 1.80. The van der Waals surface area contributed by atoms with Crippen LogP contribution in [0.4, 0.5) is 21.6 Å². The highest BCUT2D eigenvalue weighted by atomic mass is 35.5. The summed E-state index contributed by atoms with van der Waals surface area (Å²) in [5.74, 6) is -0.881. The summed E-state index contributed by atoms with van der Waals surface area (Å²) in [6, 6.07) is 6.98. The van der Waals surface area contributed by atoms with Crippen LogP contribution in [-0.4, -0.2) is 41.9 Å². The predicted molar refractivity (Wildman–Crippen MR) is 126 cm³/mol. The highest BCUT2D eigenvalue weighted by Crippen LogP contribution is 2.37. The molecule has 1 aliphatic heterocycles. The molecule has 0 aliphatic carbocycles. The zero-order chi connectivity index (χ0) is 23.3. The molecule has 0 radical (unpaired) electrons. The number of halogens is 2. The highest BCUT2D eigenvalue weighted by Gasteiger charge is 2.27. The average Bonchev–Trinajstić information content (AvgIpc) is 2.74. The van der Waals surface area contributed by atoms with Crippen molar-refractivity contribution < 1.29 is 19.0 Å². The molecule has 0 spiro atoms. The van der Waals surface area contributed by atoms with Crippen LogP contribution in [0, 0.1) is 11.7 Å². The van der Waals surface area contributed by atoms with E-state index in [4.69, 9.17) is 16.3 Å². The van der Waals surface area contributed by atoms with E-state index in [0.29, 0.717) is 41.2 Å². The van der Waals surface area contributed by atoms with Crippen LogP contribution in [0.1, 0.15) is 51.5 Å². The number of nitrogens with zero attached hydrogens (tertiary/aromatic N) is 2. The summed E-state index contributed by atoms with van der Waals surface area (Å²) in [5, 5.41) is 13.0. The summed E-state index contributed by atoms with van der Waals surface area (Å²) >= 11 is 5.98. The second-order valence-corrected chi connectivity index (χ2v) is 9.20. The van der Waals surface area contributed by atoms with Crippen molar-refractivity contribution in [3.05, 3.63) is 46.9 Å². The van der Waals surface area contributed by atoms with Crippen molar-refractivity contribution >= 4 is 34.8 Å². The van der Waals surface area contributed by atoms with Crippen LogP contribution in [0.2, 0.25) is 5.02 Å². The van der Waals surface area contributed by atoms with Gasteiger partial charge in [-0.05, 0) is 54.5 Å². The molecule has 3 rings (SSSR count). The fourth-order valence-electron chi connectivity index (χ4n) is 4.09. The number of aliphatic carboxylic acids is 1. The van der Waals surface area contributed by atoms with Gasteiger partial charge in [-0.1, -0.05) is 32.4 Å². The maximum Gasteiger partial charge on any atom is 0.303 e. The molecule has 2 heterocycles. The van der Waals surface area contributed by atoms with Gasteiger partial charge in [0.25, 0.3) is 0 Å². The average molecular weight is 464 g/mol. The summed E-state index contributed by atoms with van der Waals surface area (Å²) in [6.45, 7) is 8.12. The Morgan fingerprint density at radius 3 is 2.62 bits per heavy atom. The molecule has 0 saturated carbocycles. The van der Waals surface area contributed by atoms with Crippen molar-refractivity contribution in [1.82, 2.24) is 4.98 Å². The lowest BCUT2D eigenvalue weighted by atomic mass is 9.95. The smallest absolute Gasteiger partial charge is 0.303 e. The fraction of sp³-hybridized carbons (Fsp3) is 0.500. The Labute approximate surface area is 193 Å². The lowest BCUT2D eigenvalue weighted by Gasteiger charge is -2.38. The summed E-state index contributed by atoms with van der Waals surface area (Å²) in [4.78, 5) is 17.8. The van der Waals surface area contributed by atoms with E-state index in [-0.39, 0.29) is 12.5 Å². The number of hydrogen-bond acceptors (Lipinski definition) is 5. The summed E-state index contributed by atoms with van der Waals surface area (Å²) in [7, 11) is 0. The SMILES string of the molecule is CC(C)CN(c1cc(F)c([C@H](C)CC(=O)O)cc1Nc1ccc(Cl)cn1)C1CCOCC1. The molecule has 1 fully saturated rings. The molecular weight excluding hydrogens is 433 g/mol. The number of anilines is 3. The maximum atomic E-state index is 15.3. The third-order valence-corrected chi connectivity index (χ3v) is 5.84. The topological polar surface area (TPSA) is 74.7 Å². The first kappa shape index (κ1) is 24.3. The van der Waals surface area contributed by atoms with E-state index >= 15 is 4.39 Å². The second kappa shape index (κ2) is 11.0. The first-order valence-electron chi connectivity index (χ1n) is 11.0. The van der Waals surface area contributed by atoms with E-state index in [1.165, 1.54) is 6.07 Å². The minimum Gasteiger partial charge on any atom is -0.481 e. The normalized spacial score (nSPS) is 15.6. The molecule has 8 heteroatoms. The molecule has 1 atom stereocenters. The van der Waals surface area contributed by atoms with Crippen molar-refractivity contribution in [2.45, 2.75) is 52.0 Å². The van der Waals surface area contributed by atoms with Crippen LogP contribution >= 0.6 is 11.6 Å². The van der Waals surface area contributed by atoms with Gasteiger partial charge in [0.2, 0.25) is 0 Å².